The molecule has 0 aromatic heterocycles. The molecule has 1 aliphatic rings. The number of amides is 1. The summed E-state index contributed by atoms with van der Waals surface area (Å²) in [5.41, 5.74) is 5.42. The molecule has 1 fully saturated rings. The van der Waals surface area contributed by atoms with Crippen molar-refractivity contribution in [2.24, 2.45) is 11.7 Å². The minimum atomic E-state index is 0.141. The molecule has 1 aliphatic heterocycles. The van der Waals surface area contributed by atoms with Crippen LogP contribution < -0.4 is 5.73 Å². The fourth-order valence-electron chi connectivity index (χ4n) is 2.38. The van der Waals surface area contributed by atoms with Gasteiger partial charge in [0.1, 0.15) is 0 Å². The van der Waals surface area contributed by atoms with Crippen molar-refractivity contribution in [2.45, 2.75) is 25.7 Å². The smallest absolute Gasteiger partial charge is 0.223 e. The second-order valence-electron chi connectivity index (χ2n) is 5.25. The van der Waals surface area contributed by atoms with E-state index in [-0.39, 0.29) is 12.5 Å². The van der Waals surface area contributed by atoms with E-state index in [1.54, 1.807) is 11.9 Å². The maximum atomic E-state index is 11.9. The van der Waals surface area contributed by atoms with Crippen molar-refractivity contribution in [3.05, 3.63) is 0 Å². The first-order valence-corrected chi connectivity index (χ1v) is 7.29. The van der Waals surface area contributed by atoms with Crippen LogP contribution in [0.5, 0.6) is 0 Å². The third-order valence-corrected chi connectivity index (χ3v) is 3.87. The summed E-state index contributed by atoms with van der Waals surface area (Å²) in [6, 6.07) is 0. The molecule has 1 rings (SSSR count). The molecule has 110 valence electrons. The van der Waals surface area contributed by atoms with Gasteiger partial charge in [0.2, 0.25) is 5.91 Å². The molecular weight excluding hydrogens is 262 g/mol. The van der Waals surface area contributed by atoms with Crippen molar-refractivity contribution in [3.8, 4) is 0 Å². The molecule has 0 bridgehead atoms. The van der Waals surface area contributed by atoms with Crippen LogP contribution in [0.1, 0.15) is 25.7 Å². The lowest BCUT2D eigenvalue weighted by Gasteiger charge is -2.20. The fraction of sp³-hybridized carbons (Fsp3) is 0.846. The molecule has 19 heavy (non-hydrogen) atoms. The Hall–Kier alpha value is -0.720. The molecule has 6 heteroatoms. The maximum absolute atomic E-state index is 11.9. The topological polar surface area (TPSA) is 69.8 Å². The fourth-order valence-corrected chi connectivity index (χ4v) is 2.47. The summed E-state index contributed by atoms with van der Waals surface area (Å²) in [6.07, 6.45) is 3.13. The van der Waals surface area contributed by atoms with Crippen LogP contribution in [-0.4, -0.2) is 65.6 Å². The highest BCUT2D eigenvalue weighted by molar-refractivity contribution is 7.80. The van der Waals surface area contributed by atoms with Crippen LogP contribution >= 0.6 is 12.2 Å². The SMILES string of the molecule is CN(CCC(N)=S)C(=O)CCN1CCC(CCO)C1. The van der Waals surface area contributed by atoms with Crippen LogP contribution in [-0.2, 0) is 4.79 Å². The summed E-state index contributed by atoms with van der Waals surface area (Å²) in [5.74, 6) is 0.731. The minimum Gasteiger partial charge on any atom is -0.396 e. The molecule has 0 aromatic carbocycles. The standard InChI is InChI=1S/C13H25N3O2S/c1-15(6-3-12(14)19)13(18)4-8-16-7-2-11(10-16)5-9-17/h11,17H,2-10H2,1H3,(H2,14,19). The Bertz CT molecular complexity index is 312. The summed E-state index contributed by atoms with van der Waals surface area (Å²) in [5, 5.41) is 8.91. The van der Waals surface area contributed by atoms with Gasteiger partial charge in [0.05, 0.1) is 4.99 Å². The van der Waals surface area contributed by atoms with E-state index in [0.717, 1.165) is 32.5 Å². The van der Waals surface area contributed by atoms with E-state index in [1.807, 2.05) is 0 Å². The van der Waals surface area contributed by atoms with E-state index < -0.39 is 0 Å². The monoisotopic (exact) mass is 287 g/mol. The van der Waals surface area contributed by atoms with E-state index in [1.165, 1.54) is 0 Å². The van der Waals surface area contributed by atoms with E-state index in [0.29, 0.717) is 30.3 Å². The van der Waals surface area contributed by atoms with Gasteiger partial charge in [-0.1, -0.05) is 12.2 Å². The lowest BCUT2D eigenvalue weighted by atomic mass is 10.1. The van der Waals surface area contributed by atoms with Crippen LogP contribution in [0.3, 0.4) is 0 Å². The van der Waals surface area contributed by atoms with Gasteiger partial charge in [0, 0.05) is 46.1 Å². The molecular formula is C13H25N3O2S. The molecule has 1 saturated heterocycles. The van der Waals surface area contributed by atoms with E-state index in [2.05, 4.69) is 4.90 Å². The third-order valence-electron chi connectivity index (χ3n) is 3.67. The number of nitrogens with two attached hydrogens (primary N) is 1. The second kappa shape index (κ2) is 8.45. The van der Waals surface area contributed by atoms with Gasteiger partial charge in [-0.05, 0) is 25.3 Å². The average molecular weight is 287 g/mol. The number of carbonyl (C=O) groups excluding carboxylic acids is 1. The van der Waals surface area contributed by atoms with Crippen LogP contribution in [0.4, 0.5) is 0 Å². The molecule has 1 heterocycles. The maximum Gasteiger partial charge on any atom is 0.223 e. The summed E-state index contributed by atoms with van der Waals surface area (Å²) >= 11 is 4.80. The highest BCUT2D eigenvalue weighted by Crippen LogP contribution is 2.19. The number of likely N-dealkylation sites (tertiary alicyclic amines) is 1. The lowest BCUT2D eigenvalue weighted by molar-refractivity contribution is -0.130. The summed E-state index contributed by atoms with van der Waals surface area (Å²) < 4.78 is 0. The number of hydrogen-bond acceptors (Lipinski definition) is 4. The molecule has 1 atom stereocenters. The van der Waals surface area contributed by atoms with Gasteiger partial charge in [-0.2, -0.15) is 0 Å². The van der Waals surface area contributed by atoms with Gasteiger partial charge < -0.3 is 20.6 Å². The van der Waals surface area contributed by atoms with Crippen molar-refractivity contribution in [1.29, 1.82) is 0 Å². The Labute approximate surface area is 120 Å². The number of thiocarbonyl (C=S) groups is 1. The molecule has 0 radical (unpaired) electrons. The van der Waals surface area contributed by atoms with Crippen LogP contribution in [0.25, 0.3) is 0 Å². The Morgan fingerprint density at radius 1 is 1.53 bits per heavy atom. The quantitative estimate of drug-likeness (QED) is 0.625. The molecule has 3 N–H and O–H groups in total. The molecule has 0 spiro atoms. The van der Waals surface area contributed by atoms with Crippen LogP contribution in [0, 0.1) is 5.92 Å². The van der Waals surface area contributed by atoms with Crippen molar-refractivity contribution >= 4 is 23.1 Å². The van der Waals surface area contributed by atoms with Gasteiger partial charge in [0.15, 0.2) is 0 Å². The molecule has 1 amide bonds. The zero-order chi connectivity index (χ0) is 14.3. The number of aliphatic hydroxyl groups is 1. The third kappa shape index (κ3) is 6.31. The molecule has 0 aromatic rings. The van der Waals surface area contributed by atoms with E-state index in [4.69, 9.17) is 23.1 Å². The molecule has 0 saturated carbocycles. The van der Waals surface area contributed by atoms with Crippen molar-refractivity contribution in [3.63, 3.8) is 0 Å². The Morgan fingerprint density at radius 3 is 2.89 bits per heavy atom. The minimum absolute atomic E-state index is 0.141. The second-order valence-corrected chi connectivity index (χ2v) is 5.77. The van der Waals surface area contributed by atoms with E-state index >= 15 is 0 Å². The van der Waals surface area contributed by atoms with Gasteiger partial charge in [0.25, 0.3) is 0 Å². The van der Waals surface area contributed by atoms with Crippen molar-refractivity contribution in [1.82, 2.24) is 9.80 Å². The number of nitrogens with zero attached hydrogens (tertiary/aromatic N) is 2. The van der Waals surface area contributed by atoms with Gasteiger partial charge in [-0.3, -0.25) is 4.79 Å². The molecule has 1 unspecified atom stereocenters. The first-order valence-electron chi connectivity index (χ1n) is 6.88. The highest BCUT2D eigenvalue weighted by Gasteiger charge is 2.22. The van der Waals surface area contributed by atoms with Gasteiger partial charge in [-0.15, -0.1) is 0 Å². The summed E-state index contributed by atoms with van der Waals surface area (Å²) in [7, 11) is 1.79. The zero-order valence-electron chi connectivity index (χ0n) is 11.7. The van der Waals surface area contributed by atoms with Gasteiger partial charge in [-0.25, -0.2) is 0 Å². The first kappa shape index (κ1) is 16.3. The normalized spacial score (nSPS) is 19.6. The largest absolute Gasteiger partial charge is 0.396 e. The number of carbonyl (C=O) groups is 1. The summed E-state index contributed by atoms with van der Waals surface area (Å²) in [6.45, 7) is 3.71. The summed E-state index contributed by atoms with van der Waals surface area (Å²) in [4.78, 5) is 16.3. The highest BCUT2D eigenvalue weighted by atomic mass is 32.1. The predicted molar refractivity (Wildman–Crippen MR) is 79.9 cm³/mol. The van der Waals surface area contributed by atoms with Crippen molar-refractivity contribution in [2.75, 3.05) is 39.8 Å². The van der Waals surface area contributed by atoms with Gasteiger partial charge >= 0.3 is 0 Å². The Morgan fingerprint density at radius 2 is 2.26 bits per heavy atom. The van der Waals surface area contributed by atoms with E-state index in [9.17, 15) is 4.79 Å². The number of hydrogen-bond donors (Lipinski definition) is 2. The predicted octanol–water partition coefficient (Wildman–Crippen LogP) is 0.215. The molecule has 5 nitrogen and oxygen atoms in total. The van der Waals surface area contributed by atoms with Crippen molar-refractivity contribution < 1.29 is 9.90 Å². The lowest BCUT2D eigenvalue weighted by Crippen LogP contribution is -2.33. The van der Waals surface area contributed by atoms with Crippen LogP contribution in [0.15, 0.2) is 0 Å². The molecule has 0 aliphatic carbocycles. The number of rotatable bonds is 8. The average Bonchev–Trinajstić information content (AvgIpc) is 2.81. The Balaban J connectivity index is 2.18. The first-order chi connectivity index (χ1) is 9.02. The van der Waals surface area contributed by atoms with Crippen LogP contribution in [0.2, 0.25) is 0 Å². The zero-order valence-corrected chi connectivity index (χ0v) is 12.5. The number of aliphatic hydroxyl groups excluding tert-OH is 1. The Kier molecular flexibility index (Phi) is 7.27.